The largest absolute Gasteiger partial charge is 0.493 e. The van der Waals surface area contributed by atoms with Crippen LogP contribution in [0.2, 0.25) is 0 Å². The summed E-state index contributed by atoms with van der Waals surface area (Å²) in [6.45, 7) is -0.762. The van der Waals surface area contributed by atoms with Gasteiger partial charge in [-0.2, -0.15) is 0 Å². The van der Waals surface area contributed by atoms with Gasteiger partial charge in [-0.25, -0.2) is 13.6 Å². The minimum atomic E-state index is -0.979. The van der Waals surface area contributed by atoms with Crippen molar-refractivity contribution in [3.63, 3.8) is 0 Å². The van der Waals surface area contributed by atoms with Crippen LogP contribution in [0.3, 0.4) is 0 Å². The molecule has 2 N–H and O–H groups in total. The number of benzene rings is 2. The number of methoxy groups -OCH3 is 2. The number of nitrogens with one attached hydrogen (secondary N) is 2. The van der Waals surface area contributed by atoms with Crippen LogP contribution >= 0.6 is 11.3 Å². The van der Waals surface area contributed by atoms with Crippen molar-refractivity contribution in [3.8, 4) is 11.5 Å². The van der Waals surface area contributed by atoms with Crippen molar-refractivity contribution in [2.45, 2.75) is 0 Å². The van der Waals surface area contributed by atoms with Gasteiger partial charge in [-0.3, -0.25) is 9.59 Å². The Balaban J connectivity index is 1.77. The molecule has 0 atom stereocenters. The maximum Gasteiger partial charge on any atom is 0.340 e. The summed E-state index contributed by atoms with van der Waals surface area (Å²) in [5.41, 5.74) is -0.299. The zero-order chi connectivity index (χ0) is 24.0. The third-order valence-corrected chi connectivity index (χ3v) is 5.15. The molecule has 0 aliphatic carbocycles. The Morgan fingerprint density at radius 2 is 1.67 bits per heavy atom. The summed E-state index contributed by atoms with van der Waals surface area (Å²) in [6, 6.07) is 8.60. The van der Waals surface area contributed by atoms with Crippen molar-refractivity contribution in [3.05, 3.63) is 69.9 Å². The van der Waals surface area contributed by atoms with Crippen LogP contribution in [0.5, 0.6) is 11.5 Å². The second-order valence-electron chi connectivity index (χ2n) is 6.43. The van der Waals surface area contributed by atoms with E-state index in [4.69, 9.17) is 14.2 Å². The molecule has 2 amide bonds. The molecule has 0 aliphatic rings. The minimum Gasteiger partial charge on any atom is -0.493 e. The molecule has 0 spiro atoms. The quantitative estimate of drug-likeness (QED) is 0.475. The molecule has 2 aromatic carbocycles. The zero-order valence-electron chi connectivity index (χ0n) is 17.4. The third-order valence-electron chi connectivity index (χ3n) is 4.28. The number of halogens is 2. The average Bonchev–Trinajstić information content (AvgIpc) is 3.34. The molecule has 0 bridgehead atoms. The number of hydrogen-bond donors (Lipinski definition) is 2. The molecule has 0 fully saturated rings. The normalized spacial score (nSPS) is 10.3. The summed E-state index contributed by atoms with van der Waals surface area (Å²) in [4.78, 5) is 37.6. The Labute approximate surface area is 191 Å². The molecule has 33 heavy (non-hydrogen) atoms. The van der Waals surface area contributed by atoms with Gasteiger partial charge in [-0.05, 0) is 23.6 Å². The van der Waals surface area contributed by atoms with Crippen molar-refractivity contribution < 1.29 is 37.4 Å². The smallest absolute Gasteiger partial charge is 0.340 e. The van der Waals surface area contributed by atoms with Crippen molar-refractivity contribution in [2.24, 2.45) is 0 Å². The van der Waals surface area contributed by atoms with Gasteiger partial charge in [0.15, 0.2) is 18.1 Å². The van der Waals surface area contributed by atoms with Crippen LogP contribution in [-0.4, -0.2) is 38.6 Å². The fourth-order valence-electron chi connectivity index (χ4n) is 2.73. The van der Waals surface area contributed by atoms with E-state index in [1.165, 1.54) is 37.7 Å². The SMILES string of the molecule is COc1cc(NC(=O)c2cccs2)c(C(=O)OCC(=O)Nc2ccc(F)cc2F)cc1OC. The number of ether oxygens (including phenoxy) is 3. The molecule has 8 nitrogen and oxygen atoms in total. The first-order valence-electron chi connectivity index (χ1n) is 9.35. The Bertz CT molecular complexity index is 1180. The van der Waals surface area contributed by atoms with Crippen molar-refractivity contribution in [1.29, 1.82) is 0 Å². The lowest BCUT2D eigenvalue weighted by atomic mass is 10.1. The topological polar surface area (TPSA) is 103 Å². The monoisotopic (exact) mass is 476 g/mol. The summed E-state index contributed by atoms with van der Waals surface area (Å²) >= 11 is 1.21. The van der Waals surface area contributed by atoms with E-state index in [2.05, 4.69) is 10.6 Å². The summed E-state index contributed by atoms with van der Waals surface area (Å²) in [5, 5.41) is 6.51. The summed E-state index contributed by atoms with van der Waals surface area (Å²) in [6.07, 6.45) is 0. The fourth-order valence-corrected chi connectivity index (χ4v) is 3.35. The van der Waals surface area contributed by atoms with Gasteiger partial charge in [0.2, 0.25) is 0 Å². The predicted molar refractivity (Wildman–Crippen MR) is 117 cm³/mol. The number of carbonyl (C=O) groups excluding carboxylic acids is 3. The molecule has 1 heterocycles. The molecule has 0 radical (unpaired) electrons. The zero-order valence-corrected chi connectivity index (χ0v) is 18.3. The Kier molecular flexibility index (Phi) is 7.57. The van der Waals surface area contributed by atoms with E-state index in [1.54, 1.807) is 17.5 Å². The molecular weight excluding hydrogens is 458 g/mol. The highest BCUT2D eigenvalue weighted by atomic mass is 32.1. The van der Waals surface area contributed by atoms with Gasteiger partial charge in [0, 0.05) is 18.2 Å². The number of amides is 2. The van der Waals surface area contributed by atoms with E-state index in [9.17, 15) is 23.2 Å². The standard InChI is InChI=1S/C22H18F2N2O6S/c1-30-17-9-13(16(10-18(17)31-2)26-21(28)19-4-3-7-33-19)22(29)32-11-20(27)25-15-6-5-12(23)8-14(15)24/h3-10H,11H2,1-2H3,(H,25,27)(H,26,28). The number of carbonyl (C=O) groups is 3. The van der Waals surface area contributed by atoms with Crippen LogP contribution in [-0.2, 0) is 9.53 Å². The number of esters is 1. The van der Waals surface area contributed by atoms with Crippen molar-refractivity contribution in [2.75, 3.05) is 31.5 Å². The lowest BCUT2D eigenvalue weighted by Gasteiger charge is -2.15. The second kappa shape index (κ2) is 10.6. The molecular formula is C22H18F2N2O6S. The van der Waals surface area contributed by atoms with E-state index in [1.807, 2.05) is 0 Å². The molecule has 11 heteroatoms. The number of anilines is 2. The Hall–Kier alpha value is -3.99. The molecule has 0 aliphatic heterocycles. The minimum absolute atomic E-state index is 0.0704. The molecule has 0 unspecified atom stereocenters. The van der Waals surface area contributed by atoms with E-state index in [0.717, 1.165) is 12.1 Å². The number of rotatable bonds is 8. The first-order chi connectivity index (χ1) is 15.8. The highest BCUT2D eigenvalue weighted by Crippen LogP contribution is 2.34. The van der Waals surface area contributed by atoms with Crippen LogP contribution in [0.15, 0.2) is 47.8 Å². The maximum atomic E-state index is 13.7. The lowest BCUT2D eigenvalue weighted by Crippen LogP contribution is -2.22. The van der Waals surface area contributed by atoms with Crippen LogP contribution in [0.1, 0.15) is 20.0 Å². The number of thiophene rings is 1. The van der Waals surface area contributed by atoms with Crippen LogP contribution in [0, 0.1) is 11.6 Å². The average molecular weight is 476 g/mol. The lowest BCUT2D eigenvalue weighted by molar-refractivity contribution is -0.119. The van der Waals surface area contributed by atoms with Gasteiger partial charge < -0.3 is 24.8 Å². The summed E-state index contributed by atoms with van der Waals surface area (Å²) in [5.74, 6) is -3.60. The van der Waals surface area contributed by atoms with Crippen molar-refractivity contribution >= 4 is 40.5 Å². The Morgan fingerprint density at radius 3 is 2.30 bits per heavy atom. The highest BCUT2D eigenvalue weighted by Gasteiger charge is 2.21. The van der Waals surface area contributed by atoms with Gasteiger partial charge in [-0.1, -0.05) is 6.07 Å². The molecule has 3 aromatic rings. The van der Waals surface area contributed by atoms with Gasteiger partial charge >= 0.3 is 5.97 Å². The predicted octanol–water partition coefficient (Wildman–Crippen LogP) is 4.09. The van der Waals surface area contributed by atoms with Crippen LogP contribution < -0.4 is 20.1 Å². The Morgan fingerprint density at radius 1 is 0.939 bits per heavy atom. The highest BCUT2D eigenvalue weighted by molar-refractivity contribution is 7.12. The molecule has 1 aromatic heterocycles. The van der Waals surface area contributed by atoms with Gasteiger partial charge in [-0.15, -0.1) is 11.3 Å². The van der Waals surface area contributed by atoms with Gasteiger partial charge in [0.25, 0.3) is 11.8 Å². The van der Waals surface area contributed by atoms with E-state index < -0.39 is 36.0 Å². The van der Waals surface area contributed by atoms with E-state index in [0.29, 0.717) is 10.9 Å². The van der Waals surface area contributed by atoms with Gasteiger partial charge in [0.05, 0.1) is 36.0 Å². The van der Waals surface area contributed by atoms with E-state index >= 15 is 0 Å². The third kappa shape index (κ3) is 5.83. The van der Waals surface area contributed by atoms with Crippen molar-refractivity contribution in [1.82, 2.24) is 0 Å². The summed E-state index contributed by atoms with van der Waals surface area (Å²) < 4.78 is 42.1. The molecule has 0 saturated carbocycles. The molecule has 172 valence electrons. The molecule has 3 rings (SSSR count). The first-order valence-corrected chi connectivity index (χ1v) is 10.2. The second-order valence-corrected chi connectivity index (χ2v) is 7.38. The molecule has 0 saturated heterocycles. The first kappa shape index (κ1) is 23.7. The van der Waals surface area contributed by atoms with E-state index in [-0.39, 0.29) is 28.4 Å². The van der Waals surface area contributed by atoms with Crippen LogP contribution in [0.4, 0.5) is 20.2 Å². The van der Waals surface area contributed by atoms with Gasteiger partial charge in [0.1, 0.15) is 11.6 Å². The number of hydrogen-bond acceptors (Lipinski definition) is 7. The fraction of sp³-hybridized carbons (Fsp3) is 0.136. The summed E-state index contributed by atoms with van der Waals surface area (Å²) in [7, 11) is 2.75. The van der Waals surface area contributed by atoms with Crippen LogP contribution in [0.25, 0.3) is 0 Å². The maximum absolute atomic E-state index is 13.7.